The van der Waals surface area contributed by atoms with Gasteiger partial charge in [0.2, 0.25) is 11.8 Å². The molecule has 5 N–H and O–H groups in total. The monoisotopic (exact) mass is 554 g/mol. The number of ketones is 1. The number of hydrogen-bond acceptors (Lipinski definition) is 7. The standard InChI is InChI=1S/C30H39N3O7/c1-3-32-28(36)7-4-8-29(37)33-21-10-12-23-22-11-9-20(27(35)6-5-15-39-19(2)13-14-34)16-24(22)26(25(23)17-21)18-40-30(31)38/h9-12,16-17,19,26,34H,3-8,13-15,18H2,1-2H3,(H2,31,38)(H,32,36)(H,33,37)/i/hD. The number of amides is 3. The molecular formula is C30H39N3O7. The van der Waals surface area contributed by atoms with Crippen molar-refractivity contribution in [3.63, 3.8) is 0 Å². The molecule has 3 amide bonds. The quantitative estimate of drug-likeness (QED) is 0.181. The van der Waals surface area contributed by atoms with Crippen LogP contribution in [0.2, 0.25) is 1.41 Å². The van der Waals surface area contributed by atoms with E-state index in [0.717, 1.165) is 22.3 Å². The summed E-state index contributed by atoms with van der Waals surface area (Å²) in [6.07, 6.45) is 1.33. The molecule has 0 aliphatic heterocycles. The topological polar surface area (TPSA) is 157 Å². The maximum atomic E-state index is 13.0. The number of carbonyl (C=O) groups excluding carboxylic acids is 4. The van der Waals surface area contributed by atoms with Crippen molar-refractivity contribution in [2.75, 3.05) is 31.7 Å². The van der Waals surface area contributed by atoms with Crippen molar-refractivity contribution < 1.29 is 35.2 Å². The maximum Gasteiger partial charge on any atom is 0.404 e. The van der Waals surface area contributed by atoms with E-state index in [1.807, 2.05) is 38.1 Å². The Bertz CT molecular complexity index is 1240. The second-order valence-electron chi connectivity index (χ2n) is 9.83. The summed E-state index contributed by atoms with van der Waals surface area (Å²) in [4.78, 5) is 48.8. The first kappa shape index (κ1) is 29.2. The Labute approximate surface area is 236 Å². The average Bonchev–Trinajstić information content (AvgIpc) is 3.26. The number of Topliss-reactive ketones (excluding diaryl/α,β-unsaturated/α-hetero) is 1. The van der Waals surface area contributed by atoms with E-state index in [1.54, 1.807) is 17.9 Å². The van der Waals surface area contributed by atoms with Gasteiger partial charge in [0.25, 0.3) is 0 Å². The summed E-state index contributed by atoms with van der Waals surface area (Å²) in [6, 6.07) is 11.0. The molecular weight excluding hydrogens is 514 g/mol. The third-order valence-electron chi connectivity index (χ3n) is 6.80. The first-order chi connectivity index (χ1) is 19.8. The lowest BCUT2D eigenvalue weighted by Gasteiger charge is -2.15. The zero-order valence-corrected chi connectivity index (χ0v) is 23.1. The number of aliphatic hydroxyl groups excluding tert-OH is 1. The molecule has 40 heavy (non-hydrogen) atoms. The Hall–Kier alpha value is -3.76. The Morgan fingerprint density at radius 2 is 1.75 bits per heavy atom. The lowest BCUT2D eigenvalue weighted by molar-refractivity contribution is -0.121. The fourth-order valence-electron chi connectivity index (χ4n) is 4.80. The molecule has 10 nitrogen and oxygen atoms in total. The number of rotatable bonds is 16. The van der Waals surface area contributed by atoms with E-state index in [-0.39, 0.29) is 49.8 Å². The first-order valence-electron chi connectivity index (χ1n) is 14.2. The SMILES string of the molecule is [2H]NC(=O)OCC1c2cc(NC(=O)CCCC(=O)NCC)ccc2-c2ccc(C(=O)CCCOC(C)CCO)cc21. The van der Waals surface area contributed by atoms with Gasteiger partial charge in [-0.25, -0.2) is 4.79 Å². The van der Waals surface area contributed by atoms with Gasteiger partial charge in [-0.1, -0.05) is 18.2 Å². The first-order valence-corrected chi connectivity index (χ1v) is 13.7. The zero-order valence-electron chi connectivity index (χ0n) is 24.1. The molecule has 2 atom stereocenters. The van der Waals surface area contributed by atoms with Gasteiger partial charge in [0, 0.05) is 56.2 Å². The van der Waals surface area contributed by atoms with Crippen LogP contribution in [0.15, 0.2) is 36.4 Å². The van der Waals surface area contributed by atoms with Crippen LogP contribution in [0.5, 0.6) is 0 Å². The number of carbonyl (C=O) groups is 4. The van der Waals surface area contributed by atoms with Crippen LogP contribution >= 0.6 is 0 Å². The predicted molar refractivity (Wildman–Crippen MR) is 151 cm³/mol. The summed E-state index contributed by atoms with van der Waals surface area (Å²) in [5.41, 5.74) is 6.27. The molecule has 1 aliphatic rings. The second kappa shape index (κ2) is 15.1. The molecule has 0 aromatic heterocycles. The summed E-state index contributed by atoms with van der Waals surface area (Å²) in [6.45, 7) is 4.69. The number of fused-ring (bicyclic) bond motifs is 3. The molecule has 0 saturated carbocycles. The summed E-state index contributed by atoms with van der Waals surface area (Å²) in [5.74, 6) is -0.739. The minimum absolute atomic E-state index is 0.0358. The largest absolute Gasteiger partial charge is 0.449 e. The van der Waals surface area contributed by atoms with Gasteiger partial charge in [-0.05, 0) is 73.6 Å². The molecule has 0 spiro atoms. The van der Waals surface area contributed by atoms with Crippen molar-refractivity contribution in [2.24, 2.45) is 5.73 Å². The Kier molecular flexibility index (Phi) is 11.1. The number of nitrogens with two attached hydrogens (primary N) is 1. The van der Waals surface area contributed by atoms with Crippen LogP contribution in [-0.4, -0.2) is 61.3 Å². The molecule has 216 valence electrons. The second-order valence-corrected chi connectivity index (χ2v) is 9.83. The molecule has 0 saturated heterocycles. The number of anilines is 1. The van der Waals surface area contributed by atoms with Crippen molar-refractivity contribution >= 4 is 29.4 Å². The lowest BCUT2D eigenvalue weighted by Crippen LogP contribution is -2.22. The van der Waals surface area contributed by atoms with Crippen LogP contribution in [0.4, 0.5) is 10.5 Å². The highest BCUT2D eigenvalue weighted by Gasteiger charge is 2.31. The highest BCUT2D eigenvalue weighted by molar-refractivity contribution is 5.98. The highest BCUT2D eigenvalue weighted by Crippen LogP contribution is 2.46. The maximum absolute atomic E-state index is 13.0. The molecule has 2 unspecified atom stereocenters. The van der Waals surface area contributed by atoms with Crippen molar-refractivity contribution in [2.45, 2.75) is 64.4 Å². The minimum atomic E-state index is -0.890. The third-order valence-corrected chi connectivity index (χ3v) is 6.80. The summed E-state index contributed by atoms with van der Waals surface area (Å²) >= 11 is 0. The van der Waals surface area contributed by atoms with Crippen LogP contribution in [0.1, 0.15) is 79.8 Å². The molecule has 10 heteroatoms. The molecule has 2 aromatic carbocycles. The Balaban J connectivity index is 1.73. The molecule has 3 rings (SSSR count). The molecule has 1 aliphatic carbocycles. The van der Waals surface area contributed by atoms with Crippen molar-refractivity contribution in [1.82, 2.24) is 5.32 Å². The molecule has 0 fully saturated rings. The number of aliphatic hydroxyl groups is 1. The lowest BCUT2D eigenvalue weighted by atomic mass is 9.94. The van der Waals surface area contributed by atoms with Crippen LogP contribution < -0.4 is 16.4 Å². The van der Waals surface area contributed by atoms with Gasteiger partial charge < -0.3 is 30.9 Å². The van der Waals surface area contributed by atoms with Crippen LogP contribution in [0, 0.1) is 0 Å². The number of benzene rings is 2. The molecule has 0 radical (unpaired) electrons. The fourth-order valence-corrected chi connectivity index (χ4v) is 4.80. The number of primary amides is 1. The van der Waals surface area contributed by atoms with Crippen molar-refractivity contribution in [1.29, 1.82) is 0 Å². The van der Waals surface area contributed by atoms with E-state index in [9.17, 15) is 19.2 Å². The predicted octanol–water partition coefficient (Wildman–Crippen LogP) is 3.89. The van der Waals surface area contributed by atoms with Gasteiger partial charge in [-0.15, -0.1) is 0 Å². The van der Waals surface area contributed by atoms with E-state index in [0.29, 0.717) is 50.1 Å². The Morgan fingerprint density at radius 1 is 1.02 bits per heavy atom. The van der Waals surface area contributed by atoms with Gasteiger partial charge in [0.05, 0.1) is 6.10 Å². The van der Waals surface area contributed by atoms with Crippen molar-refractivity contribution in [3.8, 4) is 11.1 Å². The highest BCUT2D eigenvalue weighted by atomic mass is 16.5. The van der Waals surface area contributed by atoms with Gasteiger partial charge in [0.1, 0.15) is 6.61 Å². The van der Waals surface area contributed by atoms with Crippen LogP contribution in [0.25, 0.3) is 11.1 Å². The fraction of sp³-hybridized carbons (Fsp3) is 0.467. The van der Waals surface area contributed by atoms with E-state index in [4.69, 9.17) is 16.0 Å². The van der Waals surface area contributed by atoms with E-state index >= 15 is 0 Å². The third kappa shape index (κ3) is 8.62. The van der Waals surface area contributed by atoms with E-state index < -0.39 is 12.0 Å². The molecule has 0 bridgehead atoms. The van der Waals surface area contributed by atoms with Crippen LogP contribution in [-0.2, 0) is 19.1 Å². The summed E-state index contributed by atoms with van der Waals surface area (Å²) in [5, 5.41) is 14.6. The number of nitrogens with one attached hydrogen (secondary N) is 2. The van der Waals surface area contributed by atoms with E-state index in [1.165, 1.54) is 0 Å². The average molecular weight is 555 g/mol. The van der Waals surface area contributed by atoms with E-state index in [2.05, 4.69) is 10.6 Å². The number of hydrogen-bond donors (Lipinski definition) is 4. The van der Waals surface area contributed by atoms with Gasteiger partial charge in [0.15, 0.2) is 7.20 Å². The molecule has 2 aromatic rings. The number of ether oxygens (including phenoxy) is 2. The zero-order chi connectivity index (χ0) is 29.8. The normalized spacial score (nSPS) is 14.4. The molecule has 0 heterocycles. The summed E-state index contributed by atoms with van der Waals surface area (Å²) < 4.78 is 17.9. The minimum Gasteiger partial charge on any atom is -0.449 e. The van der Waals surface area contributed by atoms with Gasteiger partial charge in [-0.3, -0.25) is 14.4 Å². The smallest absolute Gasteiger partial charge is 0.404 e. The van der Waals surface area contributed by atoms with Gasteiger partial charge >= 0.3 is 6.09 Å². The van der Waals surface area contributed by atoms with Crippen molar-refractivity contribution in [3.05, 3.63) is 53.1 Å². The summed E-state index contributed by atoms with van der Waals surface area (Å²) in [7, 11) is 0. The van der Waals surface area contributed by atoms with Crippen LogP contribution in [0.3, 0.4) is 0 Å². The van der Waals surface area contributed by atoms with Gasteiger partial charge in [-0.2, -0.15) is 0 Å². The Morgan fingerprint density at radius 3 is 2.48 bits per heavy atom.